The minimum atomic E-state index is -0.678. The Morgan fingerprint density at radius 2 is 1.83 bits per heavy atom. The lowest BCUT2D eigenvalue weighted by Gasteiger charge is -2.23. The highest BCUT2D eigenvalue weighted by Crippen LogP contribution is 2.43. The number of benzene rings is 2. The number of anilines is 1. The molecule has 0 bridgehead atoms. The van der Waals surface area contributed by atoms with Crippen molar-refractivity contribution in [1.82, 2.24) is 9.55 Å². The Balaban J connectivity index is 1.59. The van der Waals surface area contributed by atoms with Gasteiger partial charge in [0.2, 0.25) is 0 Å². The predicted octanol–water partition coefficient (Wildman–Crippen LogP) is 5.23. The van der Waals surface area contributed by atoms with Crippen molar-refractivity contribution in [3.63, 3.8) is 0 Å². The number of nitrogens with zero attached hydrogens (tertiary/aromatic N) is 5. The molecule has 1 unspecified atom stereocenters. The van der Waals surface area contributed by atoms with Crippen LogP contribution in [0.2, 0.25) is 0 Å². The molecule has 2 heterocycles. The van der Waals surface area contributed by atoms with E-state index in [1.165, 1.54) is 25.3 Å². The van der Waals surface area contributed by atoms with Crippen LogP contribution in [0, 0.1) is 26.1 Å². The lowest BCUT2D eigenvalue weighted by Crippen LogP contribution is -2.20. The van der Waals surface area contributed by atoms with E-state index in [0.29, 0.717) is 36.8 Å². The molecule has 1 saturated carbocycles. The van der Waals surface area contributed by atoms with Crippen LogP contribution in [-0.2, 0) is 0 Å². The minimum absolute atomic E-state index is 0.0949. The fourth-order valence-corrected chi connectivity index (χ4v) is 5.67. The molecule has 5 rings (SSSR count). The van der Waals surface area contributed by atoms with E-state index in [9.17, 15) is 25.3 Å². The molecule has 184 valence electrons. The summed E-state index contributed by atoms with van der Waals surface area (Å²) < 4.78 is 2.19. The molecular formula is C25H29N5O5. The summed E-state index contributed by atoms with van der Waals surface area (Å²) in [5.74, 6) is 0.290. The molecule has 3 aromatic rings. The maximum Gasteiger partial charge on any atom is 0.353 e. The summed E-state index contributed by atoms with van der Waals surface area (Å²) in [7, 11) is 0. The molecule has 1 atom stereocenters. The van der Waals surface area contributed by atoms with Crippen LogP contribution in [-0.4, -0.2) is 44.2 Å². The molecule has 1 saturated heterocycles. The predicted molar refractivity (Wildman–Crippen MR) is 133 cm³/mol. The lowest BCUT2D eigenvalue weighted by molar-refractivity contribution is -0.422. The molecule has 1 aromatic heterocycles. The molecule has 2 fully saturated rings. The van der Waals surface area contributed by atoms with Crippen LogP contribution in [0.15, 0.2) is 36.7 Å². The van der Waals surface area contributed by atoms with E-state index in [1.807, 2.05) is 17.3 Å². The van der Waals surface area contributed by atoms with Gasteiger partial charge in [0.05, 0.1) is 32.8 Å². The van der Waals surface area contributed by atoms with Crippen molar-refractivity contribution in [2.75, 3.05) is 24.6 Å². The molecule has 0 radical (unpaired) electrons. The van der Waals surface area contributed by atoms with Crippen molar-refractivity contribution in [2.45, 2.75) is 51.0 Å². The Morgan fingerprint density at radius 1 is 1.03 bits per heavy atom. The molecule has 1 aliphatic carbocycles. The van der Waals surface area contributed by atoms with Crippen LogP contribution in [0.1, 0.15) is 51.0 Å². The van der Waals surface area contributed by atoms with E-state index in [0.717, 1.165) is 30.3 Å². The maximum atomic E-state index is 12.0. The number of rotatable bonds is 7. The Kier molecular flexibility index (Phi) is 6.38. The Bertz CT molecular complexity index is 1270. The SMILES string of the molecule is O=[N+]([O-])c1cc(N2CCC(CCO)C2)cc(-c2ccc3c(c2)ncn3C2CCCCC2)c1[N+](=O)[O-]. The van der Waals surface area contributed by atoms with Gasteiger partial charge in [0.15, 0.2) is 0 Å². The van der Waals surface area contributed by atoms with Gasteiger partial charge in [0.25, 0.3) is 0 Å². The highest BCUT2D eigenvalue weighted by atomic mass is 16.6. The molecule has 2 aromatic carbocycles. The third-order valence-electron chi connectivity index (χ3n) is 7.50. The van der Waals surface area contributed by atoms with E-state index < -0.39 is 21.2 Å². The normalized spacial score (nSPS) is 18.9. The molecule has 1 N–H and O–H groups in total. The maximum absolute atomic E-state index is 12.0. The average molecular weight is 480 g/mol. The van der Waals surface area contributed by atoms with Crippen LogP contribution in [0.3, 0.4) is 0 Å². The molecule has 2 aliphatic rings. The first kappa shape index (κ1) is 23.2. The van der Waals surface area contributed by atoms with Crippen molar-refractivity contribution in [3.05, 3.63) is 56.9 Å². The van der Waals surface area contributed by atoms with Gasteiger partial charge in [-0.2, -0.15) is 0 Å². The van der Waals surface area contributed by atoms with Gasteiger partial charge < -0.3 is 14.6 Å². The summed E-state index contributed by atoms with van der Waals surface area (Å²) in [5.41, 5.74) is 2.02. The van der Waals surface area contributed by atoms with Gasteiger partial charge in [-0.15, -0.1) is 0 Å². The van der Waals surface area contributed by atoms with E-state index in [1.54, 1.807) is 18.2 Å². The van der Waals surface area contributed by atoms with Crippen molar-refractivity contribution in [2.24, 2.45) is 5.92 Å². The number of hydrogen-bond acceptors (Lipinski definition) is 7. The van der Waals surface area contributed by atoms with Crippen molar-refractivity contribution in [3.8, 4) is 11.1 Å². The Hall–Kier alpha value is -3.53. The molecule has 35 heavy (non-hydrogen) atoms. The topological polar surface area (TPSA) is 128 Å². The summed E-state index contributed by atoms with van der Waals surface area (Å²) >= 11 is 0. The minimum Gasteiger partial charge on any atom is -0.396 e. The zero-order chi connectivity index (χ0) is 24.5. The Morgan fingerprint density at radius 3 is 2.54 bits per heavy atom. The summed E-state index contributed by atoms with van der Waals surface area (Å²) in [4.78, 5) is 29.1. The molecule has 0 spiro atoms. The third kappa shape index (κ3) is 4.45. The monoisotopic (exact) mass is 479 g/mol. The summed E-state index contributed by atoms with van der Waals surface area (Å²) in [6.45, 7) is 1.43. The second-order valence-electron chi connectivity index (χ2n) is 9.64. The van der Waals surface area contributed by atoms with Crippen LogP contribution in [0.5, 0.6) is 0 Å². The number of hydrogen-bond donors (Lipinski definition) is 1. The average Bonchev–Trinajstić information content (AvgIpc) is 3.50. The number of fused-ring (bicyclic) bond motifs is 1. The van der Waals surface area contributed by atoms with E-state index in [-0.39, 0.29) is 18.1 Å². The van der Waals surface area contributed by atoms with Crippen LogP contribution < -0.4 is 4.90 Å². The van der Waals surface area contributed by atoms with E-state index in [2.05, 4.69) is 9.55 Å². The summed E-state index contributed by atoms with van der Waals surface area (Å²) in [6.07, 6.45) is 9.23. The highest BCUT2D eigenvalue weighted by molar-refractivity contribution is 5.89. The van der Waals surface area contributed by atoms with Crippen molar-refractivity contribution < 1.29 is 15.0 Å². The fourth-order valence-electron chi connectivity index (χ4n) is 5.67. The Labute approximate surface area is 202 Å². The number of aliphatic hydroxyl groups excluding tert-OH is 1. The first-order valence-corrected chi connectivity index (χ1v) is 12.3. The van der Waals surface area contributed by atoms with E-state index >= 15 is 0 Å². The van der Waals surface area contributed by atoms with Gasteiger partial charge in [-0.05, 0) is 55.4 Å². The molecule has 1 aliphatic heterocycles. The van der Waals surface area contributed by atoms with Gasteiger partial charge >= 0.3 is 11.4 Å². The lowest BCUT2D eigenvalue weighted by atomic mass is 9.95. The smallest absolute Gasteiger partial charge is 0.353 e. The standard InChI is InChI=1S/C25H29N5O5/c31-11-9-17-8-10-27(15-17)20-13-21(25(30(34)35)24(14-20)29(32)33)18-6-7-23-22(12-18)26-16-28(23)19-4-2-1-3-5-19/h6-7,12-14,16-17,19,31H,1-5,8-11,15H2. The molecular weight excluding hydrogens is 450 g/mol. The van der Waals surface area contributed by atoms with Crippen LogP contribution in [0.25, 0.3) is 22.2 Å². The van der Waals surface area contributed by atoms with Crippen molar-refractivity contribution in [1.29, 1.82) is 0 Å². The fraction of sp³-hybridized carbons (Fsp3) is 0.480. The number of nitro benzene ring substituents is 2. The van der Waals surface area contributed by atoms with E-state index in [4.69, 9.17) is 0 Å². The van der Waals surface area contributed by atoms with Gasteiger partial charge in [-0.3, -0.25) is 20.2 Å². The van der Waals surface area contributed by atoms with Crippen LogP contribution >= 0.6 is 0 Å². The van der Waals surface area contributed by atoms with Crippen LogP contribution in [0.4, 0.5) is 17.1 Å². The second kappa shape index (κ2) is 9.61. The quantitative estimate of drug-likeness (QED) is 0.363. The van der Waals surface area contributed by atoms with Gasteiger partial charge in [-0.1, -0.05) is 25.3 Å². The summed E-state index contributed by atoms with van der Waals surface area (Å²) in [5, 5.41) is 33.1. The molecule has 10 heteroatoms. The zero-order valence-corrected chi connectivity index (χ0v) is 19.5. The third-order valence-corrected chi connectivity index (χ3v) is 7.50. The number of nitro groups is 2. The zero-order valence-electron chi connectivity index (χ0n) is 19.5. The largest absolute Gasteiger partial charge is 0.396 e. The van der Waals surface area contributed by atoms with Gasteiger partial charge in [0, 0.05) is 37.5 Å². The number of aliphatic hydroxyl groups is 1. The second-order valence-corrected chi connectivity index (χ2v) is 9.64. The summed E-state index contributed by atoms with van der Waals surface area (Å²) in [6, 6.07) is 8.91. The first-order chi connectivity index (χ1) is 17.0. The van der Waals surface area contributed by atoms with Gasteiger partial charge in [-0.25, -0.2) is 4.98 Å². The number of imidazole rings is 1. The highest BCUT2D eigenvalue weighted by Gasteiger charge is 2.33. The van der Waals surface area contributed by atoms with Gasteiger partial charge in [0.1, 0.15) is 0 Å². The molecule has 10 nitrogen and oxygen atoms in total. The molecule has 0 amide bonds. The first-order valence-electron chi connectivity index (χ1n) is 12.3. The number of aromatic nitrogens is 2. The van der Waals surface area contributed by atoms with Crippen molar-refractivity contribution >= 4 is 28.1 Å².